The standard InChI is InChI=1S/C15H26O2/c1-9(2)11-5-6-15(4)10(3)12(7-16)14(11)13(15)8-17/h9,11-14,16-17H,3,5-8H2,1-2,4H3/t11?,12-,13-,14+,15-/m0/s1. The van der Waals surface area contributed by atoms with Crippen molar-refractivity contribution in [3.8, 4) is 0 Å². The second kappa shape index (κ2) is 4.40. The molecule has 17 heavy (non-hydrogen) atoms. The van der Waals surface area contributed by atoms with E-state index in [0.29, 0.717) is 23.7 Å². The van der Waals surface area contributed by atoms with E-state index in [1.807, 2.05) is 0 Å². The highest BCUT2D eigenvalue weighted by atomic mass is 16.3. The Kier molecular flexibility index (Phi) is 3.39. The summed E-state index contributed by atoms with van der Waals surface area (Å²) in [5, 5.41) is 19.4. The largest absolute Gasteiger partial charge is 0.396 e. The molecule has 0 radical (unpaired) electrons. The minimum atomic E-state index is 0.0538. The average molecular weight is 238 g/mol. The van der Waals surface area contributed by atoms with Crippen LogP contribution in [0.5, 0.6) is 0 Å². The highest BCUT2D eigenvalue weighted by Crippen LogP contribution is 2.63. The van der Waals surface area contributed by atoms with Gasteiger partial charge in [0.15, 0.2) is 0 Å². The van der Waals surface area contributed by atoms with Crippen molar-refractivity contribution in [3.05, 3.63) is 12.2 Å². The lowest BCUT2D eigenvalue weighted by Crippen LogP contribution is -2.40. The molecule has 0 saturated heterocycles. The highest BCUT2D eigenvalue weighted by Gasteiger charge is 2.58. The number of aliphatic hydroxyl groups excluding tert-OH is 2. The van der Waals surface area contributed by atoms with Gasteiger partial charge < -0.3 is 10.2 Å². The van der Waals surface area contributed by atoms with Gasteiger partial charge in [-0.1, -0.05) is 32.9 Å². The average Bonchev–Trinajstić information content (AvgIpc) is 2.41. The fourth-order valence-corrected chi connectivity index (χ4v) is 4.53. The first-order valence-corrected chi connectivity index (χ1v) is 6.88. The van der Waals surface area contributed by atoms with E-state index < -0.39 is 0 Å². The molecule has 0 heterocycles. The summed E-state index contributed by atoms with van der Waals surface area (Å²) in [6.07, 6.45) is 2.33. The van der Waals surface area contributed by atoms with Gasteiger partial charge in [0.05, 0.1) is 0 Å². The third-order valence-corrected chi connectivity index (χ3v) is 5.67. The summed E-state index contributed by atoms with van der Waals surface area (Å²) in [5.74, 6) is 2.17. The first kappa shape index (κ1) is 13.1. The Morgan fingerprint density at radius 2 is 2.00 bits per heavy atom. The van der Waals surface area contributed by atoms with Gasteiger partial charge in [-0.3, -0.25) is 0 Å². The maximum atomic E-state index is 9.74. The number of fused-ring (bicyclic) bond motifs is 2. The maximum Gasteiger partial charge on any atom is 0.0499 e. The Balaban J connectivity index is 2.39. The Bertz CT molecular complexity index is 310. The molecule has 5 atom stereocenters. The van der Waals surface area contributed by atoms with Gasteiger partial charge >= 0.3 is 0 Å². The van der Waals surface area contributed by atoms with Crippen LogP contribution in [0.1, 0.15) is 33.6 Å². The van der Waals surface area contributed by atoms with Crippen LogP contribution in [-0.4, -0.2) is 23.4 Å². The summed E-state index contributed by atoms with van der Waals surface area (Å²) in [6.45, 7) is 11.4. The van der Waals surface area contributed by atoms with Crippen LogP contribution in [0.25, 0.3) is 0 Å². The monoisotopic (exact) mass is 238 g/mol. The van der Waals surface area contributed by atoms with E-state index >= 15 is 0 Å². The first-order valence-electron chi connectivity index (χ1n) is 6.88. The maximum absolute atomic E-state index is 9.74. The van der Waals surface area contributed by atoms with Crippen molar-refractivity contribution in [2.45, 2.75) is 33.6 Å². The molecule has 2 fully saturated rings. The van der Waals surface area contributed by atoms with E-state index in [1.165, 1.54) is 12.0 Å². The fraction of sp³-hybridized carbons (Fsp3) is 0.867. The van der Waals surface area contributed by atoms with Crippen LogP contribution >= 0.6 is 0 Å². The van der Waals surface area contributed by atoms with Gasteiger partial charge in [-0.15, -0.1) is 0 Å². The van der Waals surface area contributed by atoms with E-state index in [-0.39, 0.29) is 24.5 Å². The molecular formula is C15H26O2. The van der Waals surface area contributed by atoms with Gasteiger partial charge in [-0.05, 0) is 41.9 Å². The van der Waals surface area contributed by atoms with Crippen LogP contribution in [-0.2, 0) is 0 Å². The lowest BCUT2D eigenvalue weighted by Gasteiger charge is -2.43. The molecule has 2 rings (SSSR count). The molecular weight excluding hydrogens is 212 g/mol. The first-order chi connectivity index (χ1) is 7.97. The quantitative estimate of drug-likeness (QED) is 0.742. The normalized spacial score (nSPS) is 45.6. The van der Waals surface area contributed by atoms with E-state index in [9.17, 15) is 10.2 Å². The van der Waals surface area contributed by atoms with Crippen LogP contribution in [0.2, 0.25) is 0 Å². The molecule has 0 amide bonds. The van der Waals surface area contributed by atoms with Crippen LogP contribution in [0, 0.1) is 35.0 Å². The van der Waals surface area contributed by atoms with E-state index in [1.54, 1.807) is 0 Å². The summed E-state index contributed by atoms with van der Waals surface area (Å²) in [4.78, 5) is 0. The van der Waals surface area contributed by atoms with Crippen molar-refractivity contribution >= 4 is 0 Å². The summed E-state index contributed by atoms with van der Waals surface area (Å²) in [5.41, 5.74) is 1.24. The third kappa shape index (κ3) is 1.68. The smallest absolute Gasteiger partial charge is 0.0499 e. The predicted molar refractivity (Wildman–Crippen MR) is 69.5 cm³/mol. The van der Waals surface area contributed by atoms with Crippen molar-refractivity contribution in [2.75, 3.05) is 13.2 Å². The topological polar surface area (TPSA) is 40.5 Å². The lowest BCUT2D eigenvalue weighted by atomic mass is 9.61. The second-order valence-corrected chi connectivity index (χ2v) is 6.54. The van der Waals surface area contributed by atoms with Crippen LogP contribution in [0.15, 0.2) is 12.2 Å². The number of hydrogen-bond donors (Lipinski definition) is 2. The van der Waals surface area contributed by atoms with Gasteiger partial charge in [-0.2, -0.15) is 0 Å². The van der Waals surface area contributed by atoms with Crippen LogP contribution in [0.4, 0.5) is 0 Å². The molecule has 2 bridgehead atoms. The molecule has 2 heteroatoms. The van der Waals surface area contributed by atoms with Crippen molar-refractivity contribution < 1.29 is 10.2 Å². The molecule has 2 aliphatic carbocycles. The molecule has 0 aromatic rings. The molecule has 1 unspecified atom stereocenters. The Labute approximate surface area is 105 Å². The van der Waals surface area contributed by atoms with Crippen molar-refractivity contribution in [2.24, 2.45) is 35.0 Å². The van der Waals surface area contributed by atoms with E-state index in [4.69, 9.17) is 0 Å². The molecule has 2 N–H and O–H groups in total. The predicted octanol–water partition coefficient (Wildman–Crippen LogP) is 2.46. The zero-order chi connectivity index (χ0) is 12.8. The Morgan fingerprint density at radius 1 is 1.35 bits per heavy atom. The molecule has 98 valence electrons. The van der Waals surface area contributed by atoms with E-state index in [2.05, 4.69) is 27.4 Å². The van der Waals surface area contributed by atoms with Crippen molar-refractivity contribution in [1.82, 2.24) is 0 Å². The molecule has 0 aromatic heterocycles. The Morgan fingerprint density at radius 3 is 2.47 bits per heavy atom. The minimum absolute atomic E-state index is 0.0538. The lowest BCUT2D eigenvalue weighted by molar-refractivity contribution is 0.00870. The number of rotatable bonds is 3. The van der Waals surface area contributed by atoms with Gasteiger partial charge in [0.25, 0.3) is 0 Å². The minimum Gasteiger partial charge on any atom is -0.396 e. The SMILES string of the molecule is C=C1[C@H](CO)[C@H]2C(C(C)C)CC[C@]1(C)[C@H]2CO. The molecule has 0 spiro atoms. The summed E-state index contributed by atoms with van der Waals surface area (Å²) < 4.78 is 0. The molecule has 2 nitrogen and oxygen atoms in total. The van der Waals surface area contributed by atoms with Gasteiger partial charge in [0.2, 0.25) is 0 Å². The Hall–Kier alpha value is -0.340. The van der Waals surface area contributed by atoms with Crippen LogP contribution in [0.3, 0.4) is 0 Å². The van der Waals surface area contributed by atoms with Gasteiger partial charge in [0.1, 0.15) is 0 Å². The molecule has 2 aliphatic rings. The molecule has 2 saturated carbocycles. The highest BCUT2D eigenvalue weighted by molar-refractivity contribution is 5.26. The zero-order valence-electron chi connectivity index (χ0n) is 11.3. The molecule has 0 aromatic carbocycles. The summed E-state index contributed by atoms with van der Waals surface area (Å²) >= 11 is 0. The number of hydrogen-bond acceptors (Lipinski definition) is 2. The van der Waals surface area contributed by atoms with Crippen LogP contribution < -0.4 is 0 Å². The summed E-state index contributed by atoms with van der Waals surface area (Å²) in [6, 6.07) is 0. The van der Waals surface area contributed by atoms with E-state index in [0.717, 1.165) is 6.42 Å². The zero-order valence-corrected chi connectivity index (χ0v) is 11.3. The van der Waals surface area contributed by atoms with Gasteiger partial charge in [-0.25, -0.2) is 0 Å². The van der Waals surface area contributed by atoms with Gasteiger partial charge in [0, 0.05) is 19.1 Å². The van der Waals surface area contributed by atoms with Crippen molar-refractivity contribution in [1.29, 1.82) is 0 Å². The molecule has 0 aliphatic heterocycles. The summed E-state index contributed by atoms with van der Waals surface area (Å²) in [7, 11) is 0. The number of aliphatic hydroxyl groups is 2. The second-order valence-electron chi connectivity index (χ2n) is 6.54. The van der Waals surface area contributed by atoms with Crippen molar-refractivity contribution in [3.63, 3.8) is 0 Å². The fourth-order valence-electron chi connectivity index (χ4n) is 4.53. The third-order valence-electron chi connectivity index (χ3n) is 5.67.